The Bertz CT molecular complexity index is 1220. The van der Waals surface area contributed by atoms with Crippen LogP contribution in [0.15, 0.2) is 48.5 Å². The number of nitrogens with one attached hydrogen (secondary N) is 2. The Labute approximate surface area is 249 Å². The molecule has 222 valence electrons. The maximum absolute atomic E-state index is 12.4. The van der Waals surface area contributed by atoms with Crippen LogP contribution in [-0.4, -0.2) is 63.7 Å². The van der Waals surface area contributed by atoms with E-state index in [0.29, 0.717) is 27.1 Å². The summed E-state index contributed by atoms with van der Waals surface area (Å²) in [6.07, 6.45) is 2.67. The summed E-state index contributed by atoms with van der Waals surface area (Å²) < 4.78 is 10.9. The molecule has 2 amide bonds. The molecule has 3 atom stereocenters. The molecule has 3 N–H and O–H groups in total. The van der Waals surface area contributed by atoms with Crippen molar-refractivity contribution in [3.8, 4) is 5.75 Å². The van der Waals surface area contributed by atoms with E-state index in [2.05, 4.69) is 10.6 Å². The van der Waals surface area contributed by atoms with Crippen LogP contribution in [0.25, 0.3) is 0 Å². The van der Waals surface area contributed by atoms with Gasteiger partial charge in [0.15, 0.2) is 11.4 Å². The molecule has 41 heavy (non-hydrogen) atoms. The number of halogens is 1. The molecule has 9 nitrogen and oxygen atoms in total. The highest BCUT2D eigenvalue weighted by atomic mass is 35.5. The minimum Gasteiger partial charge on any atom is -0.481 e. The molecular formula is C30H37ClN2O7S. The predicted molar refractivity (Wildman–Crippen MR) is 159 cm³/mol. The number of carboxylic acid groups (broad SMARTS) is 1. The standard InChI is InChI=1S/C20H21ClO4.C10H16N2O3S/c1-13(2)24-19(23)20(3,4)25-17-11-7-15(8-12-17)18(22)14-5-9-16(21)10-6-14;13-8(14)4-2-1-3-7-9-6(5-16-7)11-10(15)12-9/h5-13H,1-4H3;6-7,9H,1-5H2,(H,13,14)(H2,11,12,15)/t;6-,7-,9-/m.0/s1. The number of amides is 2. The van der Waals surface area contributed by atoms with Gasteiger partial charge in [-0.25, -0.2) is 9.59 Å². The largest absolute Gasteiger partial charge is 0.481 e. The van der Waals surface area contributed by atoms with Crippen molar-refractivity contribution in [1.82, 2.24) is 10.6 Å². The zero-order chi connectivity index (χ0) is 30.2. The number of carbonyl (C=O) groups is 4. The molecule has 11 heteroatoms. The lowest BCUT2D eigenvalue weighted by molar-refractivity contribution is -0.163. The van der Waals surface area contributed by atoms with Gasteiger partial charge in [0.25, 0.3) is 0 Å². The highest BCUT2D eigenvalue weighted by Gasteiger charge is 2.42. The van der Waals surface area contributed by atoms with Gasteiger partial charge in [0, 0.05) is 33.6 Å². The van der Waals surface area contributed by atoms with E-state index in [1.165, 1.54) is 0 Å². The number of hydrogen-bond donors (Lipinski definition) is 3. The number of hydrogen-bond acceptors (Lipinski definition) is 7. The highest BCUT2D eigenvalue weighted by molar-refractivity contribution is 8.00. The number of ether oxygens (including phenoxy) is 2. The number of ketones is 1. The Kier molecular flexibility index (Phi) is 11.5. The molecule has 0 spiro atoms. The monoisotopic (exact) mass is 604 g/mol. The average Bonchev–Trinajstić information content (AvgIpc) is 3.46. The van der Waals surface area contributed by atoms with Crippen LogP contribution >= 0.6 is 23.4 Å². The molecule has 4 rings (SSSR count). The SMILES string of the molecule is CC(C)OC(=O)C(C)(C)Oc1ccc(C(=O)c2ccc(Cl)cc2)cc1.O=C(O)CCCC[C@@H]1SC[C@@H]2NC(=O)N[C@@H]21. The summed E-state index contributed by atoms with van der Waals surface area (Å²) in [5.41, 5.74) is -0.0393. The van der Waals surface area contributed by atoms with Gasteiger partial charge in [-0.1, -0.05) is 18.0 Å². The van der Waals surface area contributed by atoms with Gasteiger partial charge in [-0.15, -0.1) is 0 Å². The summed E-state index contributed by atoms with van der Waals surface area (Å²) in [6, 6.07) is 13.8. The van der Waals surface area contributed by atoms with Gasteiger partial charge in [0.1, 0.15) is 5.75 Å². The molecule has 0 aromatic heterocycles. The summed E-state index contributed by atoms with van der Waals surface area (Å²) >= 11 is 7.71. The molecule has 2 aromatic carbocycles. The van der Waals surface area contributed by atoms with E-state index in [9.17, 15) is 19.2 Å². The smallest absolute Gasteiger partial charge is 0.350 e. The predicted octanol–water partition coefficient (Wildman–Crippen LogP) is 5.48. The summed E-state index contributed by atoms with van der Waals surface area (Å²) in [5, 5.41) is 15.4. The van der Waals surface area contributed by atoms with Crippen LogP contribution in [-0.2, 0) is 14.3 Å². The number of unbranched alkanes of at least 4 members (excludes halogenated alkanes) is 1. The van der Waals surface area contributed by atoms with Crippen molar-refractivity contribution in [1.29, 1.82) is 0 Å². The number of esters is 1. The summed E-state index contributed by atoms with van der Waals surface area (Å²) in [5.74, 6) is 0.171. The quantitative estimate of drug-likeness (QED) is 0.133. The summed E-state index contributed by atoms with van der Waals surface area (Å²) in [7, 11) is 0. The van der Waals surface area contributed by atoms with Crippen LogP contribution < -0.4 is 15.4 Å². The molecule has 0 aliphatic carbocycles. The van der Waals surface area contributed by atoms with Gasteiger partial charge >= 0.3 is 18.0 Å². The van der Waals surface area contributed by atoms with E-state index < -0.39 is 17.5 Å². The van der Waals surface area contributed by atoms with Crippen LogP contribution in [0.1, 0.15) is 69.3 Å². The second-order valence-electron chi connectivity index (χ2n) is 10.7. The van der Waals surface area contributed by atoms with E-state index in [-0.39, 0.29) is 36.4 Å². The first kappa shape index (κ1) is 32.3. The Morgan fingerprint density at radius 2 is 1.63 bits per heavy atom. The Morgan fingerprint density at radius 3 is 2.22 bits per heavy atom. The molecule has 2 saturated heterocycles. The van der Waals surface area contributed by atoms with E-state index in [0.717, 1.165) is 25.0 Å². The van der Waals surface area contributed by atoms with Crippen molar-refractivity contribution in [3.05, 3.63) is 64.7 Å². The van der Waals surface area contributed by atoms with Gasteiger partial charge in [-0.3, -0.25) is 9.59 Å². The number of carbonyl (C=O) groups excluding carboxylic acids is 3. The second-order valence-corrected chi connectivity index (χ2v) is 12.4. The normalized spacial score (nSPS) is 19.4. The fourth-order valence-corrected chi connectivity index (χ4v) is 6.07. The van der Waals surface area contributed by atoms with Crippen molar-refractivity contribution in [2.24, 2.45) is 0 Å². The van der Waals surface area contributed by atoms with Crippen LogP contribution in [0.5, 0.6) is 5.75 Å². The van der Waals surface area contributed by atoms with Crippen molar-refractivity contribution in [2.45, 2.75) is 82.4 Å². The lowest BCUT2D eigenvalue weighted by atomic mass is 10.0. The number of urea groups is 1. The van der Waals surface area contributed by atoms with Gasteiger partial charge in [-0.2, -0.15) is 11.8 Å². The van der Waals surface area contributed by atoms with Gasteiger partial charge in [-0.05, 0) is 89.1 Å². The summed E-state index contributed by atoms with van der Waals surface area (Å²) in [4.78, 5) is 45.9. The first-order valence-corrected chi connectivity index (χ1v) is 15.0. The zero-order valence-corrected chi connectivity index (χ0v) is 25.2. The van der Waals surface area contributed by atoms with Crippen LogP contribution in [0.3, 0.4) is 0 Å². The maximum atomic E-state index is 12.4. The van der Waals surface area contributed by atoms with Crippen molar-refractivity contribution in [2.75, 3.05) is 5.75 Å². The molecule has 0 bridgehead atoms. The van der Waals surface area contributed by atoms with E-state index >= 15 is 0 Å². The van der Waals surface area contributed by atoms with Crippen LogP contribution in [0.4, 0.5) is 4.79 Å². The number of benzene rings is 2. The van der Waals surface area contributed by atoms with Crippen LogP contribution in [0.2, 0.25) is 5.02 Å². The number of aliphatic carboxylic acids is 1. The Hall–Kier alpha value is -3.24. The topological polar surface area (TPSA) is 131 Å². The Balaban J connectivity index is 0.000000248. The Morgan fingerprint density at radius 1 is 1.02 bits per heavy atom. The number of thioether (sulfide) groups is 1. The lowest BCUT2D eigenvalue weighted by Crippen LogP contribution is -2.40. The van der Waals surface area contributed by atoms with Crippen molar-refractivity contribution >= 4 is 47.1 Å². The maximum Gasteiger partial charge on any atom is 0.350 e. The third-order valence-corrected chi connectivity index (χ3v) is 8.26. The minimum absolute atomic E-state index is 0.0640. The molecule has 2 aliphatic heterocycles. The van der Waals surface area contributed by atoms with Crippen LogP contribution in [0, 0.1) is 0 Å². The molecule has 0 saturated carbocycles. The number of carboxylic acids is 1. The molecule has 2 aromatic rings. The van der Waals surface area contributed by atoms with Gasteiger partial charge < -0.3 is 25.2 Å². The lowest BCUT2D eigenvalue weighted by Gasteiger charge is -2.25. The second kappa shape index (κ2) is 14.6. The highest BCUT2D eigenvalue weighted by Crippen LogP contribution is 2.33. The molecule has 0 radical (unpaired) electrons. The fourth-order valence-electron chi connectivity index (χ4n) is 4.40. The summed E-state index contributed by atoms with van der Waals surface area (Å²) in [6.45, 7) is 6.85. The van der Waals surface area contributed by atoms with E-state index in [1.807, 2.05) is 11.8 Å². The number of fused-ring (bicyclic) bond motifs is 1. The van der Waals surface area contributed by atoms with Gasteiger partial charge in [0.2, 0.25) is 0 Å². The van der Waals surface area contributed by atoms with E-state index in [1.54, 1.807) is 76.2 Å². The first-order valence-electron chi connectivity index (χ1n) is 13.6. The minimum atomic E-state index is -1.12. The molecular weight excluding hydrogens is 568 g/mol. The molecule has 2 heterocycles. The zero-order valence-electron chi connectivity index (χ0n) is 23.6. The average molecular weight is 605 g/mol. The molecule has 2 fully saturated rings. The molecule has 2 aliphatic rings. The fraction of sp³-hybridized carbons (Fsp3) is 0.467. The van der Waals surface area contributed by atoms with E-state index in [4.69, 9.17) is 26.2 Å². The van der Waals surface area contributed by atoms with Crippen molar-refractivity contribution in [3.63, 3.8) is 0 Å². The third-order valence-electron chi connectivity index (χ3n) is 6.50. The number of rotatable bonds is 11. The van der Waals surface area contributed by atoms with Crippen molar-refractivity contribution < 1.29 is 33.8 Å². The van der Waals surface area contributed by atoms with Gasteiger partial charge in [0.05, 0.1) is 18.2 Å². The third kappa shape index (κ3) is 9.67. The molecule has 0 unspecified atom stereocenters. The first-order chi connectivity index (χ1) is 19.4.